The van der Waals surface area contributed by atoms with Crippen molar-refractivity contribution in [2.24, 2.45) is 0 Å². The Kier molecular flexibility index (Phi) is 1.73. The van der Waals surface area contributed by atoms with E-state index in [0.717, 1.165) is 0 Å². The molecule has 1 heterocycles. The average molecular weight is 361 g/mol. The molecule has 1 heteroatoms. The molecule has 0 aliphatic carbocycles. The van der Waals surface area contributed by atoms with E-state index in [4.69, 9.17) is 0 Å². The molecule has 0 aromatic heterocycles. The third-order valence-corrected chi connectivity index (χ3v) is 7.73. The fourth-order valence-corrected chi connectivity index (χ4v) is 6.87. The standard InChI is InChI=1S/C12H7.Bi.H/c1-3-7-11(8-4-1)12-9-5-2-6-10-12;;/h1-7H;;. The Balaban J connectivity index is 2.32. The first-order valence-electron chi connectivity index (χ1n) is 4.32. The van der Waals surface area contributed by atoms with Gasteiger partial charge in [0, 0.05) is 0 Å². The molecule has 1 radical (unpaired) electrons. The molecule has 2 aromatic carbocycles. The van der Waals surface area contributed by atoms with Crippen LogP contribution in [0, 0.1) is 6.07 Å². The molecular weight excluding hydrogens is 353 g/mol. The summed E-state index contributed by atoms with van der Waals surface area (Å²) in [5.41, 5.74) is 2.82. The second-order valence-corrected chi connectivity index (χ2v) is 8.29. The molecule has 61 valence electrons. The monoisotopic (exact) mass is 361 g/mol. The van der Waals surface area contributed by atoms with Crippen LogP contribution in [0.1, 0.15) is 0 Å². The molecule has 0 fully saturated rings. The zero-order valence-electron chi connectivity index (χ0n) is 7.04. The summed E-state index contributed by atoms with van der Waals surface area (Å²) in [6, 6.07) is 18.5. The number of fused-ring (bicyclic) bond motifs is 3. The first kappa shape index (κ1) is 7.70. The Morgan fingerprint density at radius 2 is 1.77 bits per heavy atom. The Morgan fingerprint density at radius 1 is 0.923 bits per heavy atom. The van der Waals surface area contributed by atoms with Gasteiger partial charge in [0.25, 0.3) is 0 Å². The Labute approximate surface area is 89.2 Å². The molecule has 0 atom stereocenters. The van der Waals surface area contributed by atoms with Gasteiger partial charge in [-0.2, -0.15) is 0 Å². The zero-order chi connectivity index (χ0) is 8.67. The zero-order valence-corrected chi connectivity index (χ0v) is 10.9. The van der Waals surface area contributed by atoms with E-state index < -0.39 is 23.2 Å². The van der Waals surface area contributed by atoms with E-state index in [0.29, 0.717) is 0 Å². The fourth-order valence-electron chi connectivity index (χ4n) is 1.72. The van der Waals surface area contributed by atoms with Gasteiger partial charge in [-0.25, -0.2) is 0 Å². The van der Waals surface area contributed by atoms with Gasteiger partial charge in [-0.3, -0.25) is 0 Å². The maximum absolute atomic E-state index is 3.35. The van der Waals surface area contributed by atoms with E-state index >= 15 is 0 Å². The molecule has 3 rings (SSSR count). The molecule has 2 aromatic rings. The van der Waals surface area contributed by atoms with Crippen molar-refractivity contribution in [3.63, 3.8) is 0 Å². The Hall–Kier alpha value is -0.677. The molecule has 13 heavy (non-hydrogen) atoms. The minimum atomic E-state index is -0.697. The summed E-state index contributed by atoms with van der Waals surface area (Å²) in [4.78, 5) is 0. The summed E-state index contributed by atoms with van der Waals surface area (Å²) in [6.07, 6.45) is 0. The van der Waals surface area contributed by atoms with Crippen molar-refractivity contribution in [3.8, 4) is 11.1 Å². The quantitative estimate of drug-likeness (QED) is 0.521. The molecule has 0 spiro atoms. The molecule has 0 saturated heterocycles. The predicted octanol–water partition coefficient (Wildman–Crippen LogP) is 0.854. The van der Waals surface area contributed by atoms with E-state index in [1.165, 1.54) is 11.1 Å². The molecule has 1 aliphatic rings. The number of hydrogen-bond donors (Lipinski definition) is 0. The first-order valence-corrected chi connectivity index (χ1v) is 8.21. The van der Waals surface area contributed by atoms with Gasteiger partial charge in [0.15, 0.2) is 0 Å². The van der Waals surface area contributed by atoms with Crippen LogP contribution in [0.5, 0.6) is 0 Å². The van der Waals surface area contributed by atoms with Crippen molar-refractivity contribution >= 4 is 29.8 Å². The van der Waals surface area contributed by atoms with Crippen molar-refractivity contribution in [1.82, 2.24) is 0 Å². The van der Waals surface area contributed by atoms with Crippen molar-refractivity contribution in [1.29, 1.82) is 0 Å². The molecular formula is C12H8Bi. The average Bonchev–Trinajstić information content (AvgIpc) is 2.56. The van der Waals surface area contributed by atoms with Crippen molar-refractivity contribution in [2.45, 2.75) is 0 Å². The summed E-state index contributed by atoms with van der Waals surface area (Å²) in [7, 11) is 0. The van der Waals surface area contributed by atoms with E-state index in [1.54, 1.807) is 6.54 Å². The van der Waals surface area contributed by atoms with Crippen molar-refractivity contribution in [2.75, 3.05) is 0 Å². The van der Waals surface area contributed by atoms with Crippen molar-refractivity contribution in [3.05, 3.63) is 48.5 Å². The van der Waals surface area contributed by atoms with Gasteiger partial charge in [-0.15, -0.1) is 0 Å². The van der Waals surface area contributed by atoms with Gasteiger partial charge in [0.1, 0.15) is 0 Å². The number of benzene rings is 2. The molecule has 0 amide bonds. The van der Waals surface area contributed by atoms with Crippen LogP contribution in [0.2, 0.25) is 0 Å². The topological polar surface area (TPSA) is 0 Å². The molecule has 0 N–H and O–H groups in total. The normalized spacial score (nSPS) is 12.3. The van der Waals surface area contributed by atoms with Crippen LogP contribution < -0.4 is 6.54 Å². The predicted molar refractivity (Wildman–Crippen MR) is 57.1 cm³/mol. The molecule has 0 nitrogen and oxygen atoms in total. The van der Waals surface area contributed by atoms with Gasteiger partial charge < -0.3 is 0 Å². The molecule has 1 aliphatic heterocycles. The fraction of sp³-hybridized carbons (Fsp3) is 0. The Bertz CT molecular complexity index is 417. The second-order valence-electron chi connectivity index (χ2n) is 3.13. The van der Waals surface area contributed by atoms with E-state index in [2.05, 4.69) is 42.5 Å². The van der Waals surface area contributed by atoms with Crippen LogP contribution >= 0.6 is 0 Å². The maximum atomic E-state index is 3.35. The third-order valence-electron chi connectivity index (χ3n) is 2.32. The van der Waals surface area contributed by atoms with Gasteiger partial charge in [0.2, 0.25) is 0 Å². The van der Waals surface area contributed by atoms with E-state index in [1.807, 2.05) is 6.07 Å². The molecule has 0 unspecified atom stereocenters. The van der Waals surface area contributed by atoms with Crippen LogP contribution in [0.25, 0.3) is 11.1 Å². The van der Waals surface area contributed by atoms with Gasteiger partial charge in [-0.05, 0) is 0 Å². The number of rotatable bonds is 0. The van der Waals surface area contributed by atoms with Gasteiger partial charge in [0.05, 0.1) is 0 Å². The van der Waals surface area contributed by atoms with Crippen LogP contribution in [-0.4, -0.2) is 23.2 Å². The summed E-state index contributed by atoms with van der Waals surface area (Å²) in [5.74, 6) is 0. The summed E-state index contributed by atoms with van der Waals surface area (Å²) in [6.45, 7) is 0. The molecule has 0 saturated carbocycles. The first-order chi connectivity index (χ1) is 6.45. The van der Waals surface area contributed by atoms with Crippen LogP contribution in [-0.2, 0) is 0 Å². The van der Waals surface area contributed by atoms with E-state index in [9.17, 15) is 0 Å². The van der Waals surface area contributed by atoms with Gasteiger partial charge >= 0.3 is 89.4 Å². The summed E-state index contributed by atoms with van der Waals surface area (Å²) >= 11 is -0.697. The molecule has 0 bridgehead atoms. The van der Waals surface area contributed by atoms with E-state index in [-0.39, 0.29) is 0 Å². The SMILES string of the molecule is [c]1ccc[c]2c1-c1cccc[c]1[BiH]2. The summed E-state index contributed by atoms with van der Waals surface area (Å²) < 4.78 is 3.23. The number of hydrogen-bond acceptors (Lipinski definition) is 0. The Morgan fingerprint density at radius 3 is 2.77 bits per heavy atom. The van der Waals surface area contributed by atoms with Crippen LogP contribution in [0.15, 0.2) is 42.5 Å². The van der Waals surface area contributed by atoms with Crippen molar-refractivity contribution < 1.29 is 0 Å². The summed E-state index contributed by atoms with van der Waals surface area (Å²) in [5, 5.41) is 0. The minimum absolute atomic E-state index is 0.697. The van der Waals surface area contributed by atoms with Crippen LogP contribution in [0.4, 0.5) is 0 Å². The third kappa shape index (κ3) is 1.14. The second kappa shape index (κ2) is 2.92. The van der Waals surface area contributed by atoms with Crippen LogP contribution in [0.3, 0.4) is 0 Å². The van der Waals surface area contributed by atoms with Gasteiger partial charge in [-0.1, -0.05) is 0 Å².